The molecule has 1 nitrogen and oxygen atoms in total. The van der Waals surface area contributed by atoms with Crippen molar-refractivity contribution < 1.29 is 5.11 Å². The third-order valence-electron chi connectivity index (χ3n) is 1.91. The van der Waals surface area contributed by atoms with E-state index in [4.69, 9.17) is 0 Å². The Balaban J connectivity index is 3.01. The number of halogens is 2. The maximum Gasteiger partial charge on any atom is 0.0823 e. The molecule has 1 aromatic rings. The lowest BCUT2D eigenvalue weighted by atomic mass is 9.99. The van der Waals surface area contributed by atoms with E-state index in [-0.39, 0.29) is 5.92 Å². The lowest BCUT2D eigenvalue weighted by molar-refractivity contribution is 0.126. The van der Waals surface area contributed by atoms with E-state index in [0.717, 1.165) is 14.5 Å². The van der Waals surface area contributed by atoms with E-state index >= 15 is 0 Å². The van der Waals surface area contributed by atoms with Crippen molar-refractivity contribution in [1.29, 1.82) is 0 Å². The second-order valence-electron chi connectivity index (χ2n) is 3.35. The largest absolute Gasteiger partial charge is 0.388 e. The summed E-state index contributed by atoms with van der Waals surface area (Å²) in [6, 6.07) is 5.81. The zero-order valence-corrected chi connectivity index (χ0v) is 10.8. The molecule has 13 heavy (non-hydrogen) atoms. The molecule has 0 radical (unpaired) electrons. The lowest BCUT2D eigenvalue weighted by Crippen LogP contribution is -2.05. The molecule has 1 N–H and O–H groups in total. The SMILES string of the molecule is CC(C)C(O)c1ccc(Br)cc1Br. The lowest BCUT2D eigenvalue weighted by Gasteiger charge is -2.16. The highest BCUT2D eigenvalue weighted by Crippen LogP contribution is 2.30. The molecule has 0 amide bonds. The predicted octanol–water partition coefficient (Wildman–Crippen LogP) is 3.90. The van der Waals surface area contributed by atoms with Gasteiger partial charge in [-0.25, -0.2) is 0 Å². The van der Waals surface area contributed by atoms with Gasteiger partial charge in [0.05, 0.1) is 6.10 Å². The smallest absolute Gasteiger partial charge is 0.0823 e. The van der Waals surface area contributed by atoms with Gasteiger partial charge < -0.3 is 5.11 Å². The number of aliphatic hydroxyl groups excluding tert-OH is 1. The van der Waals surface area contributed by atoms with Gasteiger partial charge >= 0.3 is 0 Å². The molecule has 0 saturated heterocycles. The molecule has 0 bridgehead atoms. The van der Waals surface area contributed by atoms with Crippen LogP contribution in [0.1, 0.15) is 25.5 Å². The van der Waals surface area contributed by atoms with Crippen molar-refractivity contribution in [2.24, 2.45) is 5.92 Å². The molecule has 0 heterocycles. The van der Waals surface area contributed by atoms with Crippen molar-refractivity contribution in [2.75, 3.05) is 0 Å². The van der Waals surface area contributed by atoms with Crippen LogP contribution in [0.4, 0.5) is 0 Å². The highest BCUT2D eigenvalue weighted by atomic mass is 79.9. The first-order valence-electron chi connectivity index (χ1n) is 4.15. The highest BCUT2D eigenvalue weighted by molar-refractivity contribution is 9.11. The van der Waals surface area contributed by atoms with Crippen LogP contribution in [0.5, 0.6) is 0 Å². The van der Waals surface area contributed by atoms with Gasteiger partial charge in [0.15, 0.2) is 0 Å². The van der Waals surface area contributed by atoms with E-state index in [2.05, 4.69) is 31.9 Å². The van der Waals surface area contributed by atoms with Gasteiger partial charge in [-0.05, 0) is 23.6 Å². The summed E-state index contributed by atoms with van der Waals surface area (Å²) in [5.41, 5.74) is 0.943. The third kappa shape index (κ3) is 2.79. The average Bonchev–Trinajstić information content (AvgIpc) is 2.03. The van der Waals surface area contributed by atoms with E-state index in [1.165, 1.54) is 0 Å². The fourth-order valence-electron chi connectivity index (χ4n) is 1.10. The molecule has 72 valence electrons. The Bertz CT molecular complexity index is 297. The molecule has 1 unspecified atom stereocenters. The van der Waals surface area contributed by atoms with E-state index in [1.807, 2.05) is 32.0 Å². The second-order valence-corrected chi connectivity index (χ2v) is 5.12. The number of hydrogen-bond acceptors (Lipinski definition) is 1. The number of aliphatic hydroxyl groups is 1. The van der Waals surface area contributed by atoms with Gasteiger partial charge in [-0.1, -0.05) is 51.8 Å². The van der Waals surface area contributed by atoms with Crippen LogP contribution in [-0.4, -0.2) is 5.11 Å². The normalized spacial score (nSPS) is 13.4. The number of rotatable bonds is 2. The summed E-state index contributed by atoms with van der Waals surface area (Å²) in [6.07, 6.45) is -0.400. The predicted molar refractivity (Wildman–Crippen MR) is 61.6 cm³/mol. The van der Waals surface area contributed by atoms with Crippen LogP contribution >= 0.6 is 31.9 Å². The van der Waals surface area contributed by atoms with E-state index in [0.29, 0.717) is 0 Å². The van der Waals surface area contributed by atoms with Crippen LogP contribution in [0, 0.1) is 5.92 Å². The molecule has 0 saturated carbocycles. The first-order chi connectivity index (χ1) is 6.02. The van der Waals surface area contributed by atoms with Crippen LogP contribution in [0.15, 0.2) is 27.1 Å². The summed E-state index contributed by atoms with van der Waals surface area (Å²) in [7, 11) is 0. The Morgan fingerprint density at radius 3 is 2.31 bits per heavy atom. The minimum atomic E-state index is -0.400. The summed E-state index contributed by atoms with van der Waals surface area (Å²) in [5.74, 6) is 0.234. The fraction of sp³-hybridized carbons (Fsp3) is 0.400. The molecule has 0 aliphatic heterocycles. The van der Waals surface area contributed by atoms with Crippen molar-refractivity contribution in [3.63, 3.8) is 0 Å². The molecule has 0 aliphatic rings. The van der Waals surface area contributed by atoms with E-state index in [9.17, 15) is 5.11 Å². The molecule has 0 spiro atoms. The first kappa shape index (κ1) is 11.2. The van der Waals surface area contributed by atoms with Crippen LogP contribution in [0.2, 0.25) is 0 Å². The van der Waals surface area contributed by atoms with Crippen LogP contribution in [-0.2, 0) is 0 Å². The molecule has 1 aromatic carbocycles. The average molecular weight is 308 g/mol. The highest BCUT2D eigenvalue weighted by Gasteiger charge is 2.14. The van der Waals surface area contributed by atoms with Gasteiger partial charge in [0.1, 0.15) is 0 Å². The molecule has 1 atom stereocenters. The zero-order valence-electron chi connectivity index (χ0n) is 7.59. The van der Waals surface area contributed by atoms with Gasteiger partial charge in [0.2, 0.25) is 0 Å². The van der Waals surface area contributed by atoms with Gasteiger partial charge in [0, 0.05) is 8.95 Å². The van der Waals surface area contributed by atoms with Crippen molar-refractivity contribution in [1.82, 2.24) is 0 Å². The summed E-state index contributed by atoms with van der Waals surface area (Å²) in [5, 5.41) is 9.82. The van der Waals surface area contributed by atoms with Crippen molar-refractivity contribution in [3.05, 3.63) is 32.7 Å². The van der Waals surface area contributed by atoms with Crippen molar-refractivity contribution in [3.8, 4) is 0 Å². The second kappa shape index (κ2) is 4.58. The summed E-state index contributed by atoms with van der Waals surface area (Å²) < 4.78 is 1.96. The van der Waals surface area contributed by atoms with Crippen molar-refractivity contribution in [2.45, 2.75) is 20.0 Å². The molecule has 0 fully saturated rings. The molecule has 1 rings (SSSR count). The minimum absolute atomic E-state index is 0.234. The topological polar surface area (TPSA) is 20.2 Å². The minimum Gasteiger partial charge on any atom is -0.388 e. The molecule has 3 heteroatoms. The van der Waals surface area contributed by atoms with Crippen LogP contribution in [0.25, 0.3) is 0 Å². The van der Waals surface area contributed by atoms with Gasteiger partial charge in [0.25, 0.3) is 0 Å². The molecule has 0 aliphatic carbocycles. The summed E-state index contributed by atoms with van der Waals surface area (Å²) >= 11 is 6.80. The van der Waals surface area contributed by atoms with Gasteiger partial charge in [-0.15, -0.1) is 0 Å². The summed E-state index contributed by atoms with van der Waals surface area (Å²) in [6.45, 7) is 4.00. The van der Waals surface area contributed by atoms with Crippen molar-refractivity contribution >= 4 is 31.9 Å². The van der Waals surface area contributed by atoms with Crippen LogP contribution in [0.3, 0.4) is 0 Å². The molecular formula is C10H12Br2O. The van der Waals surface area contributed by atoms with E-state index in [1.54, 1.807) is 0 Å². The quantitative estimate of drug-likeness (QED) is 0.878. The third-order valence-corrected chi connectivity index (χ3v) is 3.09. The zero-order chi connectivity index (χ0) is 10.0. The Morgan fingerprint density at radius 1 is 1.23 bits per heavy atom. The van der Waals surface area contributed by atoms with Crippen LogP contribution < -0.4 is 0 Å². The number of benzene rings is 1. The molecule has 0 aromatic heterocycles. The Kier molecular flexibility index (Phi) is 3.95. The number of hydrogen-bond donors (Lipinski definition) is 1. The monoisotopic (exact) mass is 306 g/mol. The summed E-state index contributed by atoms with van der Waals surface area (Å²) in [4.78, 5) is 0. The van der Waals surface area contributed by atoms with Gasteiger partial charge in [-0.2, -0.15) is 0 Å². The standard InChI is InChI=1S/C10H12Br2O/c1-6(2)10(13)8-4-3-7(11)5-9(8)12/h3-6,10,13H,1-2H3. The maximum absolute atomic E-state index is 9.82. The molecular weight excluding hydrogens is 296 g/mol. The fourth-order valence-corrected chi connectivity index (χ4v) is 2.38. The first-order valence-corrected chi connectivity index (χ1v) is 5.74. The van der Waals surface area contributed by atoms with Gasteiger partial charge in [-0.3, -0.25) is 0 Å². The van der Waals surface area contributed by atoms with E-state index < -0.39 is 6.10 Å². The maximum atomic E-state index is 9.82. The Morgan fingerprint density at radius 2 is 1.85 bits per heavy atom. The Hall–Kier alpha value is 0.140. The Labute approximate surface area is 95.4 Å².